The predicted molar refractivity (Wildman–Crippen MR) is 45.8 cm³/mol. The van der Waals surface area contributed by atoms with Gasteiger partial charge in [-0.05, 0) is 12.1 Å². The van der Waals surface area contributed by atoms with Crippen LogP contribution in [-0.2, 0) is 0 Å². The summed E-state index contributed by atoms with van der Waals surface area (Å²) in [5.41, 5.74) is -0.272. The van der Waals surface area contributed by atoms with E-state index in [1.54, 1.807) is 0 Å². The summed E-state index contributed by atoms with van der Waals surface area (Å²) >= 11 is 16.6. The molecule has 0 bridgehead atoms. The molecular formula is C7H2Cl3NaO2. The summed E-state index contributed by atoms with van der Waals surface area (Å²) in [5.74, 6) is -1.44. The van der Waals surface area contributed by atoms with Gasteiger partial charge in [0.25, 0.3) is 0 Å². The minimum Gasteiger partial charge on any atom is -0.545 e. The van der Waals surface area contributed by atoms with Gasteiger partial charge in [-0.25, -0.2) is 0 Å². The summed E-state index contributed by atoms with van der Waals surface area (Å²) in [6.07, 6.45) is 0. The number of hydrogen-bond donors (Lipinski definition) is 0. The molecule has 0 N–H and O–H groups in total. The number of carbonyl (C=O) groups is 1. The van der Waals surface area contributed by atoms with Crippen molar-refractivity contribution in [3.63, 3.8) is 0 Å². The van der Waals surface area contributed by atoms with Crippen LogP contribution < -0.4 is 34.7 Å². The molecule has 0 heterocycles. The van der Waals surface area contributed by atoms with Crippen LogP contribution in [0.1, 0.15) is 10.4 Å². The molecule has 0 spiro atoms. The van der Waals surface area contributed by atoms with Crippen molar-refractivity contribution in [2.24, 2.45) is 0 Å². The zero-order chi connectivity index (χ0) is 9.30. The molecule has 0 saturated heterocycles. The van der Waals surface area contributed by atoms with Gasteiger partial charge in [0, 0.05) is 5.56 Å². The summed E-state index contributed by atoms with van der Waals surface area (Å²) in [4.78, 5) is 10.5. The third-order valence-electron chi connectivity index (χ3n) is 1.25. The van der Waals surface area contributed by atoms with Gasteiger partial charge in [0.15, 0.2) is 0 Å². The number of hydrogen-bond acceptors (Lipinski definition) is 2. The molecular weight excluding hydrogens is 245 g/mol. The van der Waals surface area contributed by atoms with Crippen LogP contribution in [0.25, 0.3) is 0 Å². The van der Waals surface area contributed by atoms with Crippen molar-refractivity contribution >= 4 is 40.8 Å². The average Bonchev–Trinajstić information content (AvgIpc) is 1.97. The van der Waals surface area contributed by atoms with E-state index in [9.17, 15) is 9.90 Å². The van der Waals surface area contributed by atoms with Gasteiger partial charge >= 0.3 is 29.6 Å². The van der Waals surface area contributed by atoms with Gasteiger partial charge in [-0.1, -0.05) is 34.8 Å². The van der Waals surface area contributed by atoms with Gasteiger partial charge < -0.3 is 9.90 Å². The molecule has 1 aromatic rings. The van der Waals surface area contributed by atoms with Gasteiger partial charge in [0.1, 0.15) is 0 Å². The van der Waals surface area contributed by atoms with Gasteiger partial charge in [-0.15, -0.1) is 0 Å². The fraction of sp³-hybridized carbons (Fsp3) is 0. The molecule has 0 atom stereocenters. The van der Waals surface area contributed by atoms with Gasteiger partial charge in [0.2, 0.25) is 0 Å². The Hall–Kier alpha value is 0.560. The van der Waals surface area contributed by atoms with Crippen molar-refractivity contribution in [2.45, 2.75) is 0 Å². The van der Waals surface area contributed by atoms with Crippen LogP contribution in [0.4, 0.5) is 0 Å². The zero-order valence-corrected chi connectivity index (χ0v) is 10.9. The summed E-state index contributed by atoms with van der Waals surface area (Å²) < 4.78 is 0. The Balaban J connectivity index is 0.00000144. The first-order valence-electron chi connectivity index (χ1n) is 2.89. The zero-order valence-electron chi connectivity index (χ0n) is 6.61. The second kappa shape index (κ2) is 5.44. The van der Waals surface area contributed by atoms with Gasteiger partial charge in [0.05, 0.1) is 21.0 Å². The molecule has 0 saturated carbocycles. The molecule has 2 nitrogen and oxygen atoms in total. The van der Waals surface area contributed by atoms with Crippen molar-refractivity contribution in [2.75, 3.05) is 0 Å². The first-order chi connectivity index (χ1) is 5.54. The molecule has 1 rings (SSSR count). The summed E-state index contributed by atoms with van der Waals surface area (Å²) in [7, 11) is 0. The second-order valence-corrected chi connectivity index (χ2v) is 3.20. The Morgan fingerprint density at radius 2 is 1.62 bits per heavy atom. The van der Waals surface area contributed by atoms with Crippen LogP contribution >= 0.6 is 34.8 Å². The average molecular weight is 247 g/mol. The first kappa shape index (κ1) is 13.6. The maximum Gasteiger partial charge on any atom is 1.00 e. The Kier molecular flexibility index (Phi) is 5.68. The second-order valence-electron chi connectivity index (χ2n) is 2.01. The van der Waals surface area contributed by atoms with Crippen LogP contribution in [0.3, 0.4) is 0 Å². The number of halogens is 3. The third kappa shape index (κ3) is 3.01. The van der Waals surface area contributed by atoms with Crippen molar-refractivity contribution in [1.29, 1.82) is 0 Å². The van der Waals surface area contributed by atoms with E-state index in [2.05, 4.69) is 0 Å². The molecule has 0 radical (unpaired) electrons. The van der Waals surface area contributed by atoms with Crippen LogP contribution in [0.2, 0.25) is 15.1 Å². The predicted octanol–water partition coefficient (Wildman–Crippen LogP) is -0.986. The SMILES string of the molecule is O=C([O-])c1c(Cl)ccc(Cl)c1Cl.[Na+]. The number of carboxylic acids is 1. The molecule has 0 aromatic heterocycles. The molecule has 0 amide bonds. The van der Waals surface area contributed by atoms with Gasteiger partial charge in [-0.2, -0.15) is 0 Å². The van der Waals surface area contributed by atoms with E-state index < -0.39 is 5.97 Å². The number of carboxylic acid groups (broad SMARTS) is 1. The van der Waals surface area contributed by atoms with Crippen LogP contribution in [0.5, 0.6) is 0 Å². The Morgan fingerprint density at radius 3 is 2.00 bits per heavy atom. The van der Waals surface area contributed by atoms with Crippen molar-refractivity contribution in [3.05, 3.63) is 32.8 Å². The summed E-state index contributed by atoms with van der Waals surface area (Å²) in [5, 5.41) is 10.5. The summed E-state index contributed by atoms with van der Waals surface area (Å²) in [6.45, 7) is 0. The van der Waals surface area contributed by atoms with E-state index in [4.69, 9.17) is 34.8 Å². The largest absolute Gasteiger partial charge is 1.00 e. The van der Waals surface area contributed by atoms with E-state index in [0.717, 1.165) is 0 Å². The minimum atomic E-state index is -1.44. The van der Waals surface area contributed by atoms with Crippen LogP contribution in [0, 0.1) is 0 Å². The van der Waals surface area contributed by atoms with Crippen molar-refractivity contribution < 1.29 is 39.5 Å². The minimum absolute atomic E-state index is 0. The molecule has 64 valence electrons. The smallest absolute Gasteiger partial charge is 0.545 e. The van der Waals surface area contributed by atoms with E-state index in [1.165, 1.54) is 12.1 Å². The quantitative estimate of drug-likeness (QED) is 0.472. The Morgan fingerprint density at radius 1 is 1.15 bits per heavy atom. The molecule has 0 aliphatic carbocycles. The van der Waals surface area contributed by atoms with Crippen LogP contribution in [-0.4, -0.2) is 5.97 Å². The molecule has 1 aromatic carbocycles. The third-order valence-corrected chi connectivity index (χ3v) is 2.37. The maximum atomic E-state index is 10.5. The maximum absolute atomic E-state index is 10.5. The van der Waals surface area contributed by atoms with Crippen molar-refractivity contribution in [1.82, 2.24) is 0 Å². The first-order valence-corrected chi connectivity index (χ1v) is 4.02. The normalized spacial score (nSPS) is 9.15. The van der Waals surface area contributed by atoms with Crippen LogP contribution in [0.15, 0.2) is 12.1 Å². The Bertz CT molecular complexity index is 341. The van der Waals surface area contributed by atoms with E-state index in [1.807, 2.05) is 0 Å². The van der Waals surface area contributed by atoms with E-state index >= 15 is 0 Å². The molecule has 0 aliphatic heterocycles. The summed E-state index contributed by atoms with van der Waals surface area (Å²) in [6, 6.07) is 2.76. The molecule has 6 heteroatoms. The van der Waals surface area contributed by atoms with Gasteiger partial charge in [-0.3, -0.25) is 0 Å². The number of carbonyl (C=O) groups excluding carboxylic acids is 1. The molecule has 0 unspecified atom stereocenters. The monoisotopic (exact) mass is 246 g/mol. The molecule has 0 fully saturated rings. The Labute approximate surface area is 112 Å². The molecule has 0 aliphatic rings. The topological polar surface area (TPSA) is 40.1 Å². The van der Waals surface area contributed by atoms with E-state index in [-0.39, 0.29) is 50.2 Å². The van der Waals surface area contributed by atoms with E-state index in [0.29, 0.717) is 0 Å². The fourth-order valence-electron chi connectivity index (χ4n) is 0.714. The number of benzene rings is 1. The number of aromatic carboxylic acids is 1. The fourth-order valence-corrected chi connectivity index (χ4v) is 1.40. The standard InChI is InChI=1S/C7H3Cl3O2.Na/c8-3-1-2-4(9)6(10)5(3)7(11)12;/h1-2H,(H,11,12);/q;+1/p-1. The van der Waals surface area contributed by atoms with Crippen molar-refractivity contribution in [3.8, 4) is 0 Å². The number of rotatable bonds is 1. The molecule has 13 heavy (non-hydrogen) atoms.